The number of benzene rings is 2. The fraction of sp³-hybridized carbons (Fsp3) is 0.143. The number of hydrogen-bond acceptors (Lipinski definition) is 2. The van der Waals surface area contributed by atoms with Gasteiger partial charge >= 0.3 is 0 Å². The summed E-state index contributed by atoms with van der Waals surface area (Å²) in [7, 11) is 1.63. The molecule has 0 aliphatic carbocycles. The third kappa shape index (κ3) is 2.60. The molecule has 0 aliphatic heterocycles. The van der Waals surface area contributed by atoms with Crippen LogP contribution in [-0.2, 0) is 6.61 Å². The normalized spacial score (nSPS) is 10.3. The Labute approximate surface area is 105 Å². The Balaban J connectivity index is 2.47. The topological polar surface area (TPSA) is 29.5 Å². The molecular weight excluding hydrogens is 236 g/mol. The first kappa shape index (κ1) is 12.0. The lowest BCUT2D eigenvalue weighted by molar-refractivity contribution is 0.282. The van der Waals surface area contributed by atoms with Crippen LogP contribution in [0.15, 0.2) is 42.5 Å². The highest BCUT2D eigenvalue weighted by molar-refractivity contribution is 6.30. The molecule has 2 aromatic rings. The van der Waals surface area contributed by atoms with Crippen LogP contribution in [0.5, 0.6) is 5.75 Å². The van der Waals surface area contributed by atoms with Gasteiger partial charge in [0.25, 0.3) is 0 Å². The van der Waals surface area contributed by atoms with Crippen LogP contribution < -0.4 is 4.74 Å². The second kappa shape index (κ2) is 5.21. The first-order valence-corrected chi connectivity index (χ1v) is 5.66. The van der Waals surface area contributed by atoms with Crippen molar-refractivity contribution in [3.8, 4) is 16.9 Å². The highest BCUT2D eigenvalue weighted by atomic mass is 35.5. The molecule has 2 rings (SSSR count). The van der Waals surface area contributed by atoms with Gasteiger partial charge in [-0.1, -0.05) is 29.8 Å². The van der Waals surface area contributed by atoms with E-state index in [4.69, 9.17) is 16.3 Å². The van der Waals surface area contributed by atoms with Crippen LogP contribution in [0.2, 0.25) is 5.02 Å². The van der Waals surface area contributed by atoms with Crippen LogP contribution in [0.1, 0.15) is 5.56 Å². The molecule has 3 heteroatoms. The lowest BCUT2D eigenvalue weighted by Crippen LogP contribution is -1.90. The fourth-order valence-corrected chi connectivity index (χ4v) is 1.90. The van der Waals surface area contributed by atoms with Gasteiger partial charge < -0.3 is 9.84 Å². The highest BCUT2D eigenvalue weighted by Crippen LogP contribution is 2.28. The molecule has 0 unspecified atom stereocenters. The van der Waals surface area contributed by atoms with Crippen molar-refractivity contribution in [1.29, 1.82) is 0 Å². The minimum absolute atomic E-state index is 0.00146. The van der Waals surface area contributed by atoms with E-state index in [1.165, 1.54) is 0 Å². The second-order valence-corrected chi connectivity index (χ2v) is 4.12. The van der Waals surface area contributed by atoms with Crippen molar-refractivity contribution in [2.24, 2.45) is 0 Å². The fourth-order valence-electron chi connectivity index (χ4n) is 1.73. The van der Waals surface area contributed by atoms with E-state index < -0.39 is 0 Å². The summed E-state index contributed by atoms with van der Waals surface area (Å²) < 4.78 is 5.11. The molecule has 0 bridgehead atoms. The number of aliphatic hydroxyl groups is 1. The van der Waals surface area contributed by atoms with Crippen LogP contribution in [0.3, 0.4) is 0 Å². The van der Waals surface area contributed by atoms with E-state index in [2.05, 4.69) is 0 Å². The molecule has 2 nitrogen and oxygen atoms in total. The maximum Gasteiger partial charge on any atom is 0.118 e. The zero-order valence-electron chi connectivity index (χ0n) is 9.48. The van der Waals surface area contributed by atoms with Crippen molar-refractivity contribution in [1.82, 2.24) is 0 Å². The minimum atomic E-state index is -0.00146. The predicted molar refractivity (Wildman–Crippen MR) is 69.4 cm³/mol. The molecule has 0 aliphatic rings. The Morgan fingerprint density at radius 3 is 2.41 bits per heavy atom. The second-order valence-electron chi connectivity index (χ2n) is 3.69. The van der Waals surface area contributed by atoms with Crippen molar-refractivity contribution in [2.45, 2.75) is 6.61 Å². The Morgan fingerprint density at radius 1 is 1.12 bits per heavy atom. The van der Waals surface area contributed by atoms with Crippen LogP contribution in [0, 0.1) is 0 Å². The van der Waals surface area contributed by atoms with Gasteiger partial charge in [-0.2, -0.15) is 0 Å². The van der Waals surface area contributed by atoms with E-state index in [9.17, 15) is 5.11 Å². The molecule has 88 valence electrons. The Hall–Kier alpha value is -1.51. The largest absolute Gasteiger partial charge is 0.497 e. The van der Waals surface area contributed by atoms with Crippen LogP contribution in [0.4, 0.5) is 0 Å². The molecule has 0 amide bonds. The summed E-state index contributed by atoms with van der Waals surface area (Å²) in [6, 6.07) is 13.1. The summed E-state index contributed by atoms with van der Waals surface area (Å²) in [5.41, 5.74) is 2.82. The van der Waals surface area contributed by atoms with Crippen molar-refractivity contribution < 1.29 is 9.84 Å². The lowest BCUT2D eigenvalue weighted by Gasteiger charge is -2.09. The number of ether oxygens (including phenoxy) is 1. The highest BCUT2D eigenvalue weighted by Gasteiger charge is 2.05. The smallest absolute Gasteiger partial charge is 0.118 e. The van der Waals surface area contributed by atoms with E-state index in [1.54, 1.807) is 13.2 Å². The summed E-state index contributed by atoms with van der Waals surface area (Å²) >= 11 is 5.98. The standard InChI is InChI=1S/C14H13ClO2/c1-17-13-6-3-10(4-7-13)14-8-12(15)5-2-11(14)9-16/h2-8,16H,9H2,1H3. The maximum atomic E-state index is 9.30. The van der Waals surface area contributed by atoms with Crippen LogP contribution in [-0.4, -0.2) is 12.2 Å². The number of methoxy groups -OCH3 is 1. The Kier molecular flexibility index (Phi) is 3.67. The molecule has 0 fully saturated rings. The summed E-state index contributed by atoms with van der Waals surface area (Å²) in [6.45, 7) is -0.00146. The van der Waals surface area contributed by atoms with Gasteiger partial charge in [0.05, 0.1) is 13.7 Å². The SMILES string of the molecule is COc1ccc(-c2cc(Cl)ccc2CO)cc1. The van der Waals surface area contributed by atoms with E-state index in [0.29, 0.717) is 5.02 Å². The molecule has 0 radical (unpaired) electrons. The van der Waals surface area contributed by atoms with Gasteiger partial charge in [-0.15, -0.1) is 0 Å². The average molecular weight is 249 g/mol. The zero-order chi connectivity index (χ0) is 12.3. The molecule has 0 spiro atoms. The molecule has 0 saturated carbocycles. The summed E-state index contributed by atoms with van der Waals surface area (Å²) in [6.07, 6.45) is 0. The molecule has 0 aromatic heterocycles. The van der Waals surface area contributed by atoms with E-state index >= 15 is 0 Å². The molecule has 0 saturated heterocycles. The zero-order valence-corrected chi connectivity index (χ0v) is 10.2. The monoisotopic (exact) mass is 248 g/mol. The summed E-state index contributed by atoms with van der Waals surface area (Å²) in [5, 5.41) is 9.96. The van der Waals surface area contributed by atoms with E-state index in [1.807, 2.05) is 36.4 Å². The summed E-state index contributed by atoms with van der Waals surface area (Å²) in [4.78, 5) is 0. The van der Waals surface area contributed by atoms with E-state index in [-0.39, 0.29) is 6.61 Å². The van der Waals surface area contributed by atoms with E-state index in [0.717, 1.165) is 22.4 Å². The third-order valence-corrected chi connectivity index (χ3v) is 2.88. The van der Waals surface area contributed by atoms with Crippen molar-refractivity contribution >= 4 is 11.6 Å². The van der Waals surface area contributed by atoms with Gasteiger partial charge in [-0.25, -0.2) is 0 Å². The molecule has 0 atom stereocenters. The first-order valence-electron chi connectivity index (χ1n) is 5.28. The van der Waals surface area contributed by atoms with Gasteiger partial charge in [-0.05, 0) is 41.0 Å². The minimum Gasteiger partial charge on any atom is -0.497 e. The summed E-state index contributed by atoms with van der Waals surface area (Å²) in [5.74, 6) is 0.807. The van der Waals surface area contributed by atoms with Crippen molar-refractivity contribution in [3.63, 3.8) is 0 Å². The quantitative estimate of drug-likeness (QED) is 0.901. The van der Waals surface area contributed by atoms with Crippen LogP contribution >= 0.6 is 11.6 Å². The average Bonchev–Trinajstić information content (AvgIpc) is 2.39. The van der Waals surface area contributed by atoms with Gasteiger partial charge in [0.1, 0.15) is 5.75 Å². The van der Waals surface area contributed by atoms with Gasteiger partial charge in [0.15, 0.2) is 0 Å². The lowest BCUT2D eigenvalue weighted by atomic mass is 10.00. The van der Waals surface area contributed by atoms with Crippen molar-refractivity contribution in [3.05, 3.63) is 53.1 Å². The number of rotatable bonds is 3. The van der Waals surface area contributed by atoms with Crippen molar-refractivity contribution in [2.75, 3.05) is 7.11 Å². The third-order valence-electron chi connectivity index (χ3n) is 2.64. The predicted octanol–water partition coefficient (Wildman–Crippen LogP) is 3.51. The maximum absolute atomic E-state index is 9.30. The molecular formula is C14H13ClO2. The first-order chi connectivity index (χ1) is 8.24. The number of halogens is 1. The molecule has 1 N–H and O–H groups in total. The molecule has 0 heterocycles. The van der Waals surface area contributed by atoms with Crippen LogP contribution in [0.25, 0.3) is 11.1 Å². The Morgan fingerprint density at radius 2 is 1.82 bits per heavy atom. The number of aliphatic hydroxyl groups excluding tert-OH is 1. The Bertz CT molecular complexity index is 506. The molecule has 2 aromatic carbocycles. The van der Waals surface area contributed by atoms with Gasteiger partial charge in [0.2, 0.25) is 0 Å². The van der Waals surface area contributed by atoms with Gasteiger partial charge in [0, 0.05) is 5.02 Å². The molecule has 17 heavy (non-hydrogen) atoms. The number of hydrogen-bond donors (Lipinski definition) is 1. The van der Waals surface area contributed by atoms with Gasteiger partial charge in [-0.3, -0.25) is 0 Å².